The fourth-order valence-corrected chi connectivity index (χ4v) is 3.20. The lowest BCUT2D eigenvalue weighted by Crippen LogP contribution is -2.58. The molecular formula is C18H37N2O2+. The normalized spacial score (nSPS) is 17.5. The molecule has 0 aromatic carbocycles. The number of piperazine rings is 1. The predicted molar refractivity (Wildman–Crippen MR) is 92.0 cm³/mol. The summed E-state index contributed by atoms with van der Waals surface area (Å²) in [6.45, 7) is 9.67. The molecule has 4 heteroatoms. The van der Waals surface area contributed by atoms with Gasteiger partial charge in [-0.05, 0) is 19.8 Å². The Morgan fingerprint density at radius 2 is 1.50 bits per heavy atom. The van der Waals surface area contributed by atoms with Crippen molar-refractivity contribution in [2.24, 2.45) is 0 Å². The van der Waals surface area contributed by atoms with Crippen LogP contribution in [0.5, 0.6) is 0 Å². The molecule has 22 heavy (non-hydrogen) atoms. The highest BCUT2D eigenvalue weighted by molar-refractivity contribution is 5.67. The molecule has 1 aliphatic rings. The molecule has 0 spiro atoms. The fraction of sp³-hybridized carbons (Fsp3) is 0.944. The van der Waals surface area contributed by atoms with Crippen LogP contribution in [0.1, 0.15) is 65.2 Å². The summed E-state index contributed by atoms with van der Waals surface area (Å²) >= 11 is 0. The van der Waals surface area contributed by atoms with Gasteiger partial charge in [0, 0.05) is 0 Å². The van der Waals surface area contributed by atoms with Gasteiger partial charge in [-0.3, -0.25) is 4.90 Å². The van der Waals surface area contributed by atoms with Crippen LogP contribution < -0.4 is 0 Å². The van der Waals surface area contributed by atoms with E-state index in [0.717, 1.165) is 30.7 Å². The summed E-state index contributed by atoms with van der Waals surface area (Å²) in [5, 5.41) is 0. The van der Waals surface area contributed by atoms with Gasteiger partial charge in [0.15, 0.2) is 0 Å². The Balaban J connectivity index is 2.07. The number of ether oxygens (including phenoxy) is 1. The number of amides is 1. The lowest BCUT2D eigenvalue weighted by atomic mass is 10.1. The van der Waals surface area contributed by atoms with Gasteiger partial charge in [-0.25, -0.2) is 4.79 Å². The van der Waals surface area contributed by atoms with Gasteiger partial charge in [0.2, 0.25) is 0 Å². The number of quaternary nitrogens is 1. The highest BCUT2D eigenvalue weighted by Crippen LogP contribution is 2.15. The maximum absolute atomic E-state index is 11.7. The average molecular weight is 314 g/mol. The van der Waals surface area contributed by atoms with Gasteiger partial charge in [-0.2, -0.15) is 0 Å². The van der Waals surface area contributed by atoms with E-state index in [4.69, 9.17) is 4.74 Å². The van der Waals surface area contributed by atoms with E-state index >= 15 is 0 Å². The van der Waals surface area contributed by atoms with Gasteiger partial charge in [0.1, 0.15) is 0 Å². The molecule has 0 aromatic heterocycles. The number of likely N-dealkylation sites (N-methyl/N-ethyl adjacent to an activating group) is 1. The van der Waals surface area contributed by atoms with E-state index in [0.29, 0.717) is 6.61 Å². The minimum absolute atomic E-state index is 0.138. The van der Waals surface area contributed by atoms with E-state index < -0.39 is 0 Å². The molecular weight excluding hydrogens is 276 g/mol. The van der Waals surface area contributed by atoms with Crippen LogP contribution in [0.2, 0.25) is 0 Å². The van der Waals surface area contributed by atoms with Gasteiger partial charge >= 0.3 is 6.09 Å². The number of hydrogen-bond donors (Lipinski definition) is 0. The predicted octanol–water partition coefficient (Wildman–Crippen LogP) is 4.05. The highest BCUT2D eigenvalue weighted by atomic mass is 16.6. The van der Waals surface area contributed by atoms with E-state index in [9.17, 15) is 4.79 Å². The molecule has 130 valence electrons. The number of hydrogen-bond acceptors (Lipinski definition) is 2. The molecule has 0 aromatic rings. The van der Waals surface area contributed by atoms with Crippen LogP contribution in [0.25, 0.3) is 0 Å². The molecule has 1 amide bonds. The van der Waals surface area contributed by atoms with Crippen LogP contribution in [-0.2, 0) is 4.74 Å². The zero-order valence-corrected chi connectivity index (χ0v) is 15.1. The van der Waals surface area contributed by atoms with Crippen molar-refractivity contribution in [1.29, 1.82) is 0 Å². The van der Waals surface area contributed by atoms with E-state index in [1.807, 2.05) is 11.8 Å². The Kier molecular flexibility index (Phi) is 9.53. The van der Waals surface area contributed by atoms with Gasteiger partial charge in [-0.1, -0.05) is 45.4 Å². The molecule has 0 aliphatic carbocycles. The molecule has 1 aliphatic heterocycles. The number of unbranched alkanes of at least 4 members (excludes halogenated alkanes) is 7. The maximum atomic E-state index is 11.7. The molecule has 0 unspecified atom stereocenters. The van der Waals surface area contributed by atoms with Crippen molar-refractivity contribution in [2.75, 3.05) is 46.4 Å². The number of nitrogens with zero attached hydrogens (tertiary/aromatic N) is 2. The second-order valence-electron chi connectivity index (χ2n) is 6.95. The molecule has 1 fully saturated rings. The van der Waals surface area contributed by atoms with Gasteiger partial charge in [-0.15, -0.1) is 0 Å². The molecule has 0 bridgehead atoms. The average Bonchev–Trinajstić information content (AvgIpc) is 2.51. The van der Waals surface area contributed by atoms with Gasteiger partial charge in [0.05, 0.1) is 46.4 Å². The van der Waals surface area contributed by atoms with E-state index in [2.05, 4.69) is 14.0 Å². The Bertz CT molecular complexity index is 299. The Morgan fingerprint density at radius 3 is 2.05 bits per heavy atom. The third-order valence-corrected chi connectivity index (χ3v) is 4.90. The SMILES string of the molecule is CCCCCCCCCC[N+]1(C)CCN(C(=O)OCC)CC1. The summed E-state index contributed by atoms with van der Waals surface area (Å²) in [6, 6.07) is 0. The lowest BCUT2D eigenvalue weighted by molar-refractivity contribution is -0.913. The first-order valence-corrected chi connectivity index (χ1v) is 9.36. The first-order chi connectivity index (χ1) is 10.6. The summed E-state index contributed by atoms with van der Waals surface area (Å²) in [5.74, 6) is 0. The smallest absolute Gasteiger partial charge is 0.410 e. The molecule has 1 heterocycles. The maximum Gasteiger partial charge on any atom is 0.410 e. The van der Waals surface area contributed by atoms with Crippen LogP contribution in [0, 0.1) is 0 Å². The van der Waals surface area contributed by atoms with Crippen molar-refractivity contribution in [2.45, 2.75) is 65.2 Å². The van der Waals surface area contributed by atoms with Crippen LogP contribution in [0.15, 0.2) is 0 Å². The van der Waals surface area contributed by atoms with Gasteiger partial charge < -0.3 is 9.22 Å². The molecule has 0 saturated carbocycles. The lowest BCUT2D eigenvalue weighted by Gasteiger charge is -2.41. The standard InChI is InChI=1S/C18H37N2O2/c1-4-6-7-8-9-10-11-12-15-20(3)16-13-19(14-17-20)18(21)22-5-2/h4-17H2,1-3H3/q+1. The van der Waals surface area contributed by atoms with Crippen molar-refractivity contribution in [3.63, 3.8) is 0 Å². The zero-order valence-electron chi connectivity index (χ0n) is 15.1. The minimum atomic E-state index is -0.138. The first kappa shape index (κ1) is 19.3. The van der Waals surface area contributed by atoms with Crippen molar-refractivity contribution in [3.8, 4) is 0 Å². The van der Waals surface area contributed by atoms with Crippen LogP contribution in [0.3, 0.4) is 0 Å². The fourth-order valence-electron chi connectivity index (χ4n) is 3.20. The van der Waals surface area contributed by atoms with E-state index in [-0.39, 0.29) is 6.09 Å². The number of rotatable bonds is 10. The molecule has 0 N–H and O–H groups in total. The second kappa shape index (κ2) is 10.9. The third-order valence-electron chi connectivity index (χ3n) is 4.90. The zero-order chi connectivity index (χ0) is 16.3. The summed E-state index contributed by atoms with van der Waals surface area (Å²) in [7, 11) is 2.34. The Hall–Kier alpha value is -0.770. The molecule has 1 saturated heterocycles. The van der Waals surface area contributed by atoms with Crippen molar-refractivity contribution < 1.29 is 14.0 Å². The monoisotopic (exact) mass is 313 g/mol. The molecule has 0 atom stereocenters. The number of carbonyl (C=O) groups is 1. The van der Waals surface area contributed by atoms with E-state index in [1.165, 1.54) is 57.9 Å². The summed E-state index contributed by atoms with van der Waals surface area (Å²) < 4.78 is 6.20. The molecule has 1 rings (SSSR count). The van der Waals surface area contributed by atoms with Crippen molar-refractivity contribution in [1.82, 2.24) is 4.90 Å². The Labute approximate surface area is 137 Å². The number of carbonyl (C=O) groups excluding carboxylic acids is 1. The summed E-state index contributed by atoms with van der Waals surface area (Å²) in [4.78, 5) is 13.6. The Morgan fingerprint density at radius 1 is 0.955 bits per heavy atom. The molecule has 4 nitrogen and oxygen atoms in total. The summed E-state index contributed by atoms with van der Waals surface area (Å²) in [6.07, 6.45) is 10.9. The van der Waals surface area contributed by atoms with E-state index in [1.54, 1.807) is 0 Å². The topological polar surface area (TPSA) is 29.5 Å². The van der Waals surface area contributed by atoms with Gasteiger partial charge in [0.25, 0.3) is 0 Å². The highest BCUT2D eigenvalue weighted by Gasteiger charge is 2.30. The molecule has 0 radical (unpaired) electrons. The second-order valence-corrected chi connectivity index (χ2v) is 6.95. The van der Waals surface area contributed by atoms with Crippen LogP contribution >= 0.6 is 0 Å². The quantitative estimate of drug-likeness (QED) is 0.450. The van der Waals surface area contributed by atoms with Crippen molar-refractivity contribution in [3.05, 3.63) is 0 Å². The van der Waals surface area contributed by atoms with Crippen LogP contribution in [-0.4, -0.2) is 61.9 Å². The third kappa shape index (κ3) is 7.48. The minimum Gasteiger partial charge on any atom is -0.450 e. The van der Waals surface area contributed by atoms with Crippen LogP contribution in [0.4, 0.5) is 4.79 Å². The largest absolute Gasteiger partial charge is 0.450 e. The summed E-state index contributed by atoms with van der Waals surface area (Å²) in [5.41, 5.74) is 0. The van der Waals surface area contributed by atoms with Crippen molar-refractivity contribution >= 4 is 6.09 Å². The first-order valence-electron chi connectivity index (χ1n) is 9.36.